The van der Waals surface area contributed by atoms with Crippen molar-refractivity contribution in [2.45, 2.75) is 5.38 Å². The first-order chi connectivity index (χ1) is 6.02. The first-order valence-electron chi connectivity index (χ1n) is 3.50. The average Bonchev–Trinajstić information content (AvgIpc) is 2.08. The summed E-state index contributed by atoms with van der Waals surface area (Å²) in [6.45, 7) is 0. The number of rotatable bonds is 2. The van der Waals surface area contributed by atoms with Crippen LogP contribution in [0.2, 0.25) is 0 Å². The molecule has 0 fully saturated rings. The Bertz CT molecular complexity index is 341. The van der Waals surface area contributed by atoms with Crippen LogP contribution in [0.4, 0.5) is 11.4 Å². The third-order valence-electron chi connectivity index (χ3n) is 1.58. The molecule has 0 heterocycles. The van der Waals surface area contributed by atoms with Crippen LogP contribution in [-0.2, 0) is 4.79 Å². The number of alkyl halides is 1. The molecule has 0 aromatic heterocycles. The maximum absolute atomic E-state index is 10.7. The van der Waals surface area contributed by atoms with Gasteiger partial charge in [0, 0.05) is 16.9 Å². The van der Waals surface area contributed by atoms with Crippen LogP contribution in [0.1, 0.15) is 10.9 Å². The molecule has 0 spiro atoms. The van der Waals surface area contributed by atoms with Gasteiger partial charge >= 0.3 is 0 Å². The maximum atomic E-state index is 10.7. The molecule has 3 nitrogen and oxygen atoms in total. The highest BCUT2D eigenvalue weighted by atomic mass is 35.5. The topological polar surface area (TPSA) is 69.1 Å². The van der Waals surface area contributed by atoms with Crippen molar-refractivity contribution in [1.82, 2.24) is 0 Å². The molecule has 0 aliphatic heterocycles. The summed E-state index contributed by atoms with van der Waals surface area (Å²) in [5.41, 5.74) is 12.4. The van der Waals surface area contributed by atoms with Gasteiger partial charge in [-0.2, -0.15) is 0 Å². The normalized spacial score (nSPS) is 12.5. The van der Waals surface area contributed by atoms with Crippen molar-refractivity contribution in [3.63, 3.8) is 0 Å². The number of nitrogen functional groups attached to an aromatic ring is 2. The highest BCUT2D eigenvalue weighted by molar-refractivity contribution is 6.69. The van der Waals surface area contributed by atoms with Crippen LogP contribution in [0.5, 0.6) is 0 Å². The molecule has 1 unspecified atom stereocenters. The summed E-state index contributed by atoms with van der Waals surface area (Å²) >= 11 is 10.9. The summed E-state index contributed by atoms with van der Waals surface area (Å²) in [5.74, 6) is 0. The number of benzene rings is 1. The van der Waals surface area contributed by atoms with Crippen molar-refractivity contribution < 1.29 is 4.79 Å². The Hall–Kier alpha value is -0.930. The van der Waals surface area contributed by atoms with E-state index in [4.69, 9.17) is 34.7 Å². The van der Waals surface area contributed by atoms with E-state index in [9.17, 15) is 4.79 Å². The molecule has 0 bridgehead atoms. The van der Waals surface area contributed by atoms with Crippen molar-refractivity contribution >= 4 is 39.8 Å². The van der Waals surface area contributed by atoms with Crippen LogP contribution in [0, 0.1) is 0 Å². The monoisotopic (exact) mass is 218 g/mol. The van der Waals surface area contributed by atoms with Crippen LogP contribution in [-0.4, -0.2) is 5.24 Å². The first-order valence-corrected chi connectivity index (χ1v) is 4.32. The van der Waals surface area contributed by atoms with Gasteiger partial charge in [0.05, 0.1) is 0 Å². The molecule has 1 rings (SSSR count). The maximum Gasteiger partial charge on any atom is 0.244 e. The number of anilines is 2. The molecule has 0 saturated heterocycles. The standard InChI is InChI=1S/C8H8Cl2N2O/c9-7(8(10)13)5-3-4(11)1-2-6(5)12/h1-3,7H,11-12H2. The van der Waals surface area contributed by atoms with Gasteiger partial charge in [0.25, 0.3) is 0 Å². The predicted octanol–water partition coefficient (Wildman–Crippen LogP) is 1.90. The molecule has 70 valence electrons. The van der Waals surface area contributed by atoms with E-state index < -0.39 is 10.6 Å². The van der Waals surface area contributed by atoms with Gasteiger partial charge in [-0.25, -0.2) is 0 Å². The summed E-state index contributed by atoms with van der Waals surface area (Å²) in [6.07, 6.45) is 0. The molecule has 0 amide bonds. The molecule has 1 aromatic rings. The Morgan fingerprint density at radius 1 is 1.38 bits per heavy atom. The number of nitrogens with two attached hydrogens (primary N) is 2. The van der Waals surface area contributed by atoms with E-state index in [1.165, 1.54) is 6.07 Å². The highest BCUT2D eigenvalue weighted by Crippen LogP contribution is 2.29. The van der Waals surface area contributed by atoms with Gasteiger partial charge in [-0.05, 0) is 29.8 Å². The molecule has 0 aliphatic rings. The molecular formula is C8H8Cl2N2O. The molecule has 1 atom stereocenters. The molecule has 1 aromatic carbocycles. The van der Waals surface area contributed by atoms with Crippen molar-refractivity contribution in [3.8, 4) is 0 Å². The zero-order valence-corrected chi connectivity index (χ0v) is 8.14. The van der Waals surface area contributed by atoms with E-state index in [2.05, 4.69) is 0 Å². The third-order valence-corrected chi connectivity index (χ3v) is 2.35. The van der Waals surface area contributed by atoms with Crippen molar-refractivity contribution in [3.05, 3.63) is 23.8 Å². The Labute approximate surface area is 85.6 Å². The fourth-order valence-electron chi connectivity index (χ4n) is 0.935. The van der Waals surface area contributed by atoms with Gasteiger partial charge in [0.15, 0.2) is 0 Å². The van der Waals surface area contributed by atoms with Crippen molar-refractivity contribution in [1.29, 1.82) is 0 Å². The molecule has 0 aliphatic carbocycles. The smallest absolute Gasteiger partial charge is 0.244 e. The van der Waals surface area contributed by atoms with E-state index in [1.54, 1.807) is 12.1 Å². The highest BCUT2D eigenvalue weighted by Gasteiger charge is 2.17. The lowest BCUT2D eigenvalue weighted by atomic mass is 10.1. The summed E-state index contributed by atoms with van der Waals surface area (Å²) in [4.78, 5) is 10.7. The number of carbonyl (C=O) groups is 1. The SMILES string of the molecule is Nc1ccc(N)c(C(Cl)C(=O)Cl)c1. The third kappa shape index (κ3) is 2.26. The number of hydrogen-bond acceptors (Lipinski definition) is 3. The lowest BCUT2D eigenvalue weighted by Crippen LogP contribution is -2.04. The number of carbonyl (C=O) groups excluding carboxylic acids is 1. The van der Waals surface area contributed by atoms with E-state index in [0.717, 1.165) is 0 Å². The fraction of sp³-hybridized carbons (Fsp3) is 0.125. The minimum Gasteiger partial charge on any atom is -0.399 e. The second kappa shape index (κ2) is 3.85. The van der Waals surface area contributed by atoms with E-state index in [1.807, 2.05) is 0 Å². The van der Waals surface area contributed by atoms with Crippen molar-refractivity contribution in [2.75, 3.05) is 11.5 Å². The second-order valence-electron chi connectivity index (χ2n) is 2.56. The van der Waals surface area contributed by atoms with E-state index in [0.29, 0.717) is 16.9 Å². The van der Waals surface area contributed by atoms with Gasteiger partial charge < -0.3 is 11.5 Å². The predicted molar refractivity (Wildman–Crippen MR) is 54.7 cm³/mol. The summed E-state index contributed by atoms with van der Waals surface area (Å²) in [7, 11) is 0. The Balaban J connectivity index is 3.12. The number of hydrogen-bond donors (Lipinski definition) is 2. The van der Waals surface area contributed by atoms with Gasteiger partial charge in [-0.15, -0.1) is 11.6 Å². The van der Waals surface area contributed by atoms with Gasteiger partial charge in [-0.1, -0.05) is 0 Å². The van der Waals surface area contributed by atoms with E-state index >= 15 is 0 Å². The average molecular weight is 219 g/mol. The minimum atomic E-state index is -0.940. The molecule has 13 heavy (non-hydrogen) atoms. The molecule has 0 radical (unpaired) electrons. The van der Waals surface area contributed by atoms with Gasteiger partial charge in [0.2, 0.25) is 5.24 Å². The van der Waals surface area contributed by atoms with Gasteiger partial charge in [0.1, 0.15) is 5.38 Å². The Kier molecular flexibility index (Phi) is 3.01. The lowest BCUT2D eigenvalue weighted by molar-refractivity contribution is -0.111. The Morgan fingerprint density at radius 2 is 2.00 bits per heavy atom. The zero-order chi connectivity index (χ0) is 10.0. The van der Waals surface area contributed by atoms with Crippen LogP contribution in [0.25, 0.3) is 0 Å². The van der Waals surface area contributed by atoms with Crippen LogP contribution >= 0.6 is 23.2 Å². The summed E-state index contributed by atoms with van der Waals surface area (Å²) in [5, 5.41) is -1.61. The zero-order valence-electron chi connectivity index (χ0n) is 6.63. The molecule has 4 N–H and O–H groups in total. The minimum absolute atomic E-state index is 0.406. The summed E-state index contributed by atoms with van der Waals surface area (Å²) in [6, 6.07) is 4.74. The summed E-state index contributed by atoms with van der Waals surface area (Å²) < 4.78 is 0. The first kappa shape index (κ1) is 10.2. The van der Waals surface area contributed by atoms with E-state index in [-0.39, 0.29) is 0 Å². The van der Waals surface area contributed by atoms with Crippen LogP contribution in [0.3, 0.4) is 0 Å². The fourth-order valence-corrected chi connectivity index (χ4v) is 1.24. The number of halogens is 2. The quantitative estimate of drug-likeness (QED) is 0.453. The molecular weight excluding hydrogens is 211 g/mol. The van der Waals surface area contributed by atoms with Crippen LogP contribution in [0.15, 0.2) is 18.2 Å². The Morgan fingerprint density at radius 3 is 2.54 bits per heavy atom. The van der Waals surface area contributed by atoms with Crippen molar-refractivity contribution in [2.24, 2.45) is 0 Å². The van der Waals surface area contributed by atoms with Gasteiger partial charge in [-0.3, -0.25) is 4.79 Å². The van der Waals surface area contributed by atoms with Crippen LogP contribution < -0.4 is 11.5 Å². The molecule has 5 heteroatoms. The molecule has 0 saturated carbocycles. The largest absolute Gasteiger partial charge is 0.399 e. The second-order valence-corrected chi connectivity index (χ2v) is 3.36. The lowest BCUT2D eigenvalue weighted by Gasteiger charge is -2.08.